The Balaban J connectivity index is 1.52. The quantitative estimate of drug-likeness (QED) is 0.563. The molecule has 156 valence electrons. The predicted molar refractivity (Wildman–Crippen MR) is 121 cm³/mol. The number of benzene rings is 2. The van der Waals surface area contributed by atoms with Crippen LogP contribution in [-0.4, -0.2) is 32.5 Å². The zero-order chi connectivity index (χ0) is 20.8. The van der Waals surface area contributed by atoms with Gasteiger partial charge in [-0.1, -0.05) is 73.5 Å². The Morgan fingerprint density at radius 2 is 1.87 bits per heavy atom. The van der Waals surface area contributed by atoms with Crippen LogP contribution in [0.2, 0.25) is 0 Å². The van der Waals surface area contributed by atoms with Gasteiger partial charge in [0.15, 0.2) is 5.16 Å². The van der Waals surface area contributed by atoms with Crippen LogP contribution in [0.25, 0.3) is 5.69 Å². The van der Waals surface area contributed by atoms with Crippen molar-refractivity contribution in [3.8, 4) is 5.69 Å². The molecule has 3 aromatic rings. The number of hydrogen-bond acceptors (Lipinski definition) is 4. The van der Waals surface area contributed by atoms with E-state index < -0.39 is 0 Å². The van der Waals surface area contributed by atoms with E-state index in [0.717, 1.165) is 29.5 Å². The number of aromatic nitrogens is 3. The van der Waals surface area contributed by atoms with Crippen molar-refractivity contribution in [1.82, 2.24) is 20.1 Å². The number of amides is 1. The van der Waals surface area contributed by atoms with E-state index in [2.05, 4.69) is 57.3 Å². The highest BCUT2D eigenvalue weighted by molar-refractivity contribution is 7.99. The third-order valence-corrected chi connectivity index (χ3v) is 6.40. The van der Waals surface area contributed by atoms with Crippen molar-refractivity contribution in [1.29, 1.82) is 0 Å². The molecule has 0 unspecified atom stereocenters. The highest BCUT2D eigenvalue weighted by Gasteiger charge is 2.19. The van der Waals surface area contributed by atoms with Crippen LogP contribution < -0.4 is 5.32 Å². The fourth-order valence-electron chi connectivity index (χ4n) is 3.96. The molecular formula is C24H28N4OS. The van der Waals surface area contributed by atoms with Gasteiger partial charge >= 0.3 is 0 Å². The molecule has 1 heterocycles. The predicted octanol–water partition coefficient (Wildman–Crippen LogP) is 4.71. The van der Waals surface area contributed by atoms with Crippen molar-refractivity contribution in [3.63, 3.8) is 0 Å². The van der Waals surface area contributed by atoms with Gasteiger partial charge in [0.1, 0.15) is 5.82 Å². The molecule has 1 saturated carbocycles. The van der Waals surface area contributed by atoms with E-state index in [4.69, 9.17) is 0 Å². The number of nitrogens with one attached hydrogen (secondary N) is 1. The molecule has 1 fully saturated rings. The lowest BCUT2D eigenvalue weighted by molar-refractivity contribution is -0.119. The van der Waals surface area contributed by atoms with E-state index in [1.807, 2.05) is 24.3 Å². The molecule has 6 heteroatoms. The van der Waals surface area contributed by atoms with E-state index in [0.29, 0.717) is 18.2 Å². The van der Waals surface area contributed by atoms with Crippen molar-refractivity contribution in [3.05, 3.63) is 71.5 Å². The van der Waals surface area contributed by atoms with Gasteiger partial charge in [0.05, 0.1) is 5.75 Å². The van der Waals surface area contributed by atoms with Crippen molar-refractivity contribution < 1.29 is 4.79 Å². The number of carbonyl (C=O) groups is 1. The van der Waals surface area contributed by atoms with Gasteiger partial charge in [-0.25, -0.2) is 0 Å². The van der Waals surface area contributed by atoms with Gasteiger partial charge in [-0.05, 0) is 43.0 Å². The minimum atomic E-state index is 0.0790. The maximum absolute atomic E-state index is 12.5. The molecule has 0 atom stereocenters. The van der Waals surface area contributed by atoms with Crippen LogP contribution in [0.15, 0.2) is 59.8 Å². The Morgan fingerprint density at radius 1 is 1.07 bits per heavy atom. The van der Waals surface area contributed by atoms with Crippen molar-refractivity contribution >= 4 is 17.7 Å². The van der Waals surface area contributed by atoms with E-state index in [-0.39, 0.29) is 5.91 Å². The summed E-state index contributed by atoms with van der Waals surface area (Å²) in [6, 6.07) is 18.9. The number of hydrogen-bond donors (Lipinski definition) is 1. The maximum atomic E-state index is 12.5. The topological polar surface area (TPSA) is 59.8 Å². The number of rotatable bonds is 7. The van der Waals surface area contributed by atoms with Crippen LogP contribution in [0.5, 0.6) is 0 Å². The summed E-state index contributed by atoms with van der Waals surface area (Å²) >= 11 is 1.45. The van der Waals surface area contributed by atoms with Gasteiger partial charge in [-0.15, -0.1) is 10.2 Å². The molecule has 4 rings (SSSR count). The van der Waals surface area contributed by atoms with E-state index in [1.54, 1.807) is 0 Å². The summed E-state index contributed by atoms with van der Waals surface area (Å²) in [7, 11) is 0. The van der Waals surface area contributed by atoms with E-state index in [9.17, 15) is 4.79 Å². The van der Waals surface area contributed by atoms with Crippen molar-refractivity contribution in [2.24, 2.45) is 0 Å². The van der Waals surface area contributed by atoms with E-state index in [1.165, 1.54) is 42.2 Å². The second-order valence-electron chi connectivity index (χ2n) is 7.93. The Bertz CT molecular complexity index is 980. The maximum Gasteiger partial charge on any atom is 0.230 e. The first-order valence-corrected chi connectivity index (χ1v) is 11.6. The van der Waals surface area contributed by atoms with Crippen molar-refractivity contribution in [2.45, 2.75) is 56.6 Å². The van der Waals surface area contributed by atoms with Crippen LogP contribution in [0.3, 0.4) is 0 Å². The molecule has 30 heavy (non-hydrogen) atoms. The first kappa shape index (κ1) is 20.7. The van der Waals surface area contributed by atoms with Gasteiger partial charge in [-0.3, -0.25) is 9.36 Å². The average Bonchev–Trinajstić information content (AvgIpc) is 3.16. The number of thioether (sulfide) groups is 1. The third-order valence-electron chi connectivity index (χ3n) is 5.47. The molecule has 1 aliphatic rings. The molecule has 0 bridgehead atoms. The molecular weight excluding hydrogens is 392 g/mol. The van der Waals surface area contributed by atoms with Gasteiger partial charge in [0.2, 0.25) is 5.91 Å². The molecule has 0 saturated heterocycles. The normalized spacial score (nSPS) is 14.6. The molecule has 0 aliphatic heterocycles. The van der Waals surface area contributed by atoms with Crippen molar-refractivity contribution in [2.75, 3.05) is 5.75 Å². The average molecular weight is 421 g/mol. The molecule has 1 aliphatic carbocycles. The summed E-state index contributed by atoms with van der Waals surface area (Å²) in [5.74, 6) is 1.31. The lowest BCUT2D eigenvalue weighted by Crippen LogP contribution is -2.37. The summed E-state index contributed by atoms with van der Waals surface area (Å²) < 4.78 is 2.08. The smallest absolute Gasteiger partial charge is 0.230 e. The Kier molecular flexibility index (Phi) is 6.84. The second kappa shape index (κ2) is 9.94. The highest BCUT2D eigenvalue weighted by atomic mass is 32.2. The Morgan fingerprint density at radius 3 is 2.63 bits per heavy atom. The fourth-order valence-corrected chi connectivity index (χ4v) is 4.74. The lowest BCUT2D eigenvalue weighted by atomic mass is 9.95. The van der Waals surface area contributed by atoms with Crippen LogP contribution in [0.1, 0.15) is 49.1 Å². The summed E-state index contributed by atoms with van der Waals surface area (Å²) in [5.41, 5.74) is 3.39. The minimum Gasteiger partial charge on any atom is -0.353 e. The van der Waals surface area contributed by atoms with Crippen LogP contribution >= 0.6 is 11.8 Å². The van der Waals surface area contributed by atoms with Crippen LogP contribution in [0.4, 0.5) is 0 Å². The summed E-state index contributed by atoms with van der Waals surface area (Å²) in [4.78, 5) is 12.5. The molecule has 0 spiro atoms. The third kappa shape index (κ3) is 5.30. The second-order valence-corrected chi connectivity index (χ2v) is 8.87. The molecule has 0 radical (unpaired) electrons. The van der Waals surface area contributed by atoms with Crippen LogP contribution in [0, 0.1) is 6.92 Å². The standard InChI is InChI=1S/C24H28N4OS/c1-18-9-8-14-21(15-18)28-22(16-19-10-4-2-5-11-19)26-27-24(28)30-17-23(29)25-20-12-6-3-7-13-20/h2,4-5,8-11,14-15,20H,3,6-7,12-13,16-17H2,1H3,(H,25,29). The number of carbonyl (C=O) groups excluding carboxylic acids is 1. The zero-order valence-corrected chi connectivity index (χ0v) is 18.2. The first-order valence-electron chi connectivity index (χ1n) is 10.7. The lowest BCUT2D eigenvalue weighted by Gasteiger charge is -2.22. The molecule has 1 N–H and O–H groups in total. The Labute approximate surface area is 182 Å². The largest absolute Gasteiger partial charge is 0.353 e. The monoisotopic (exact) mass is 420 g/mol. The van der Waals surface area contributed by atoms with Gasteiger partial charge in [0, 0.05) is 18.2 Å². The molecule has 1 amide bonds. The van der Waals surface area contributed by atoms with Crippen LogP contribution in [-0.2, 0) is 11.2 Å². The Hall–Kier alpha value is -2.60. The summed E-state index contributed by atoms with van der Waals surface area (Å²) in [6.45, 7) is 2.08. The molecule has 5 nitrogen and oxygen atoms in total. The fraction of sp³-hybridized carbons (Fsp3) is 0.375. The highest BCUT2D eigenvalue weighted by Crippen LogP contribution is 2.24. The zero-order valence-electron chi connectivity index (χ0n) is 17.4. The summed E-state index contributed by atoms with van der Waals surface area (Å²) in [5, 5.41) is 12.8. The SMILES string of the molecule is Cc1cccc(-n2c(Cc3ccccc3)nnc2SCC(=O)NC2CCCCC2)c1. The number of nitrogens with zero attached hydrogens (tertiary/aromatic N) is 3. The van der Waals surface area contributed by atoms with Gasteiger partial charge in [-0.2, -0.15) is 0 Å². The van der Waals surface area contributed by atoms with E-state index >= 15 is 0 Å². The minimum absolute atomic E-state index is 0.0790. The molecule has 1 aromatic heterocycles. The van der Waals surface area contributed by atoms with Gasteiger partial charge in [0.25, 0.3) is 0 Å². The first-order chi connectivity index (χ1) is 14.7. The molecule has 2 aromatic carbocycles. The summed E-state index contributed by atoms with van der Waals surface area (Å²) in [6.07, 6.45) is 6.58. The number of aryl methyl sites for hydroxylation is 1. The van der Waals surface area contributed by atoms with Gasteiger partial charge < -0.3 is 5.32 Å².